The summed E-state index contributed by atoms with van der Waals surface area (Å²) in [7, 11) is 0. The number of rotatable bonds is 7. The molecule has 0 saturated carbocycles. The second-order valence-corrected chi connectivity index (χ2v) is 24.4. The van der Waals surface area contributed by atoms with Crippen molar-refractivity contribution in [1.82, 2.24) is 9.13 Å². The van der Waals surface area contributed by atoms with Crippen molar-refractivity contribution in [3.63, 3.8) is 0 Å². The van der Waals surface area contributed by atoms with E-state index in [4.69, 9.17) is 4.42 Å². The highest BCUT2D eigenvalue weighted by Gasteiger charge is 2.34. The smallest absolute Gasteiger partial charge is 0.220 e. The molecule has 7 heteroatoms. The number of thiophene rings is 2. The van der Waals surface area contributed by atoms with Crippen LogP contribution in [-0.4, -0.2) is 9.13 Å². The molecule has 0 atom stereocenters. The van der Waals surface area contributed by atoms with Crippen LogP contribution in [0.4, 0.5) is 5.69 Å². The van der Waals surface area contributed by atoms with Crippen molar-refractivity contribution in [2.75, 3.05) is 0 Å². The van der Waals surface area contributed by atoms with Gasteiger partial charge in [-0.3, -0.25) is 0 Å². The molecule has 0 amide bonds. The minimum Gasteiger partial charge on any atom is -0.455 e. The van der Waals surface area contributed by atoms with Crippen LogP contribution in [0.5, 0.6) is 0 Å². The normalized spacial score (nSPS) is 11.9. The first-order valence-corrected chi connectivity index (χ1v) is 30.7. The van der Waals surface area contributed by atoms with E-state index < -0.39 is 0 Å². The Balaban J connectivity index is 1.05. The molecule has 5 aromatic heterocycles. The van der Waals surface area contributed by atoms with E-state index in [1.807, 2.05) is 48.5 Å². The molecule has 0 saturated heterocycles. The minimum absolute atomic E-state index is 0.384. The van der Waals surface area contributed by atoms with Crippen LogP contribution in [0, 0.1) is 17.9 Å². The van der Waals surface area contributed by atoms with Crippen molar-refractivity contribution >= 4 is 134 Å². The molecular formula is C80H44N4OS2. The predicted octanol–water partition coefficient (Wildman–Crippen LogP) is 23.3. The number of aromatic nitrogens is 2. The van der Waals surface area contributed by atoms with E-state index in [0.29, 0.717) is 28.2 Å². The first-order valence-electron chi connectivity index (χ1n) is 29.1. The van der Waals surface area contributed by atoms with Crippen LogP contribution >= 0.6 is 22.7 Å². The highest BCUT2D eigenvalue weighted by atomic mass is 32.1. The molecule has 0 unspecified atom stereocenters. The van der Waals surface area contributed by atoms with E-state index in [1.54, 1.807) is 22.7 Å². The lowest BCUT2D eigenvalue weighted by molar-refractivity contribution is 0.670. The number of fused-ring (bicyclic) bond motifs is 17. The molecule has 0 N–H and O–H groups in total. The summed E-state index contributed by atoms with van der Waals surface area (Å²) >= 11 is 3.60. The molecule has 0 bridgehead atoms. The van der Waals surface area contributed by atoms with Crippen LogP contribution < -0.4 is 0 Å². The molecule has 0 aliphatic carbocycles. The Labute approximate surface area is 506 Å². The summed E-state index contributed by atoms with van der Waals surface area (Å²) in [4.78, 5) is 4.69. The molecule has 13 aromatic carbocycles. The van der Waals surface area contributed by atoms with Gasteiger partial charge in [0.1, 0.15) is 17.2 Å². The third-order valence-electron chi connectivity index (χ3n) is 17.8. The summed E-state index contributed by atoms with van der Waals surface area (Å²) in [5.74, 6) is 0. The molecule has 402 valence electrons. The largest absolute Gasteiger partial charge is 0.455 e. The van der Waals surface area contributed by atoms with Crippen LogP contribution in [0.25, 0.3) is 178 Å². The van der Waals surface area contributed by atoms with Gasteiger partial charge >= 0.3 is 0 Å². The molecule has 0 spiro atoms. The Hall–Kier alpha value is -11.3. The Kier molecular flexibility index (Phi) is 10.8. The second kappa shape index (κ2) is 19.1. The summed E-state index contributed by atoms with van der Waals surface area (Å²) in [6, 6.07) is 97.4. The van der Waals surface area contributed by atoms with E-state index in [-0.39, 0.29) is 0 Å². The molecule has 87 heavy (non-hydrogen) atoms. The lowest BCUT2D eigenvalue weighted by Crippen LogP contribution is -2.09. The van der Waals surface area contributed by atoms with Crippen molar-refractivity contribution in [3.05, 3.63) is 284 Å². The zero-order chi connectivity index (χ0) is 57.4. The molecule has 18 aromatic rings. The maximum Gasteiger partial charge on any atom is 0.220 e. The first kappa shape index (κ1) is 49.1. The van der Waals surface area contributed by atoms with Crippen LogP contribution in [0.15, 0.2) is 271 Å². The Morgan fingerprint density at radius 1 is 0.379 bits per heavy atom. The Bertz CT molecular complexity index is 5840. The third kappa shape index (κ3) is 7.16. The van der Waals surface area contributed by atoms with Crippen molar-refractivity contribution in [2.45, 2.75) is 0 Å². The van der Waals surface area contributed by atoms with Crippen LogP contribution in [0.1, 0.15) is 5.56 Å². The van der Waals surface area contributed by atoms with Gasteiger partial charge in [-0.05, 0) is 81.4 Å². The molecule has 0 aliphatic heterocycles. The lowest BCUT2D eigenvalue weighted by Gasteiger charge is -2.26. The van der Waals surface area contributed by atoms with Crippen LogP contribution in [0.3, 0.4) is 0 Å². The fraction of sp³-hybridized carbons (Fsp3) is 0. The maximum absolute atomic E-state index is 12.5. The maximum atomic E-state index is 12.5. The summed E-state index contributed by atoms with van der Waals surface area (Å²) in [5, 5.41) is 23.5. The standard InChI is InChI=1S/C80H44N4OS2/c1-82-73-70(49-24-10-4-11-25-49)64(46-81)74(71(50-26-12-5-13-27-50)77(73)83-65-33-16-14-29-61(65)72-54(30-19-34-66(72)83)58-32-18-31-57-53-28-15-17-35-67(53)85-78(57)58)84-75-55(38-40-59-62-44-51(47-20-6-2-7-21-47)36-42-68(62)86-79(59)75)56-39-41-60-63-45-52(48-22-8-3-9-23-48)37-43-69(63)87-80(60)76(56)84/h2-45H. The third-order valence-corrected chi connectivity index (χ3v) is 20.2. The molecule has 5 nitrogen and oxygen atoms in total. The van der Waals surface area contributed by atoms with Gasteiger partial charge in [-0.1, -0.05) is 224 Å². The molecule has 18 rings (SSSR count). The average Bonchev–Trinajstić information content (AvgIpc) is 1.61. The first-order chi connectivity index (χ1) is 43.1. The fourth-order valence-corrected chi connectivity index (χ4v) is 16.5. The van der Waals surface area contributed by atoms with Crippen molar-refractivity contribution in [1.29, 1.82) is 5.26 Å². The molecular weight excluding hydrogens is 1100 g/mol. The summed E-state index contributed by atoms with van der Waals surface area (Å²) in [6.07, 6.45) is 0. The van der Waals surface area contributed by atoms with E-state index in [2.05, 4.69) is 238 Å². The van der Waals surface area contributed by atoms with E-state index in [0.717, 1.165) is 136 Å². The summed E-state index contributed by atoms with van der Waals surface area (Å²) in [6.45, 7) is 9.64. The predicted molar refractivity (Wildman–Crippen MR) is 366 cm³/mol. The number of nitriles is 1. The summed E-state index contributed by atoms with van der Waals surface area (Å²) < 4.78 is 16.2. The summed E-state index contributed by atoms with van der Waals surface area (Å²) in [5.41, 5.74) is 17.4. The number of hydrogen-bond donors (Lipinski definition) is 0. The van der Waals surface area contributed by atoms with Gasteiger partial charge in [0.15, 0.2) is 0 Å². The van der Waals surface area contributed by atoms with Gasteiger partial charge < -0.3 is 13.6 Å². The van der Waals surface area contributed by atoms with Gasteiger partial charge in [-0.25, -0.2) is 4.85 Å². The number of benzene rings is 13. The van der Waals surface area contributed by atoms with Crippen LogP contribution in [0.2, 0.25) is 0 Å². The van der Waals surface area contributed by atoms with Crippen molar-refractivity contribution in [3.8, 4) is 73.1 Å². The van der Waals surface area contributed by atoms with Crippen molar-refractivity contribution in [2.24, 2.45) is 0 Å². The highest BCUT2D eigenvalue weighted by molar-refractivity contribution is 7.27. The molecule has 5 heterocycles. The van der Waals surface area contributed by atoms with Gasteiger partial charge in [-0.15, -0.1) is 22.7 Å². The number of nitrogens with zero attached hydrogens (tertiary/aromatic N) is 4. The molecule has 0 fully saturated rings. The molecule has 0 aliphatic rings. The van der Waals surface area contributed by atoms with E-state index in [9.17, 15) is 11.8 Å². The lowest BCUT2D eigenvalue weighted by atomic mass is 9.88. The number of furan rings is 1. The number of para-hydroxylation sites is 3. The van der Waals surface area contributed by atoms with Crippen LogP contribution in [-0.2, 0) is 0 Å². The highest BCUT2D eigenvalue weighted by Crippen LogP contribution is 2.56. The fourth-order valence-electron chi connectivity index (χ4n) is 14.1. The Morgan fingerprint density at radius 2 is 0.874 bits per heavy atom. The van der Waals surface area contributed by atoms with Gasteiger partial charge in [0, 0.05) is 80.0 Å². The second-order valence-electron chi connectivity index (χ2n) is 22.3. The average molecular weight is 1140 g/mol. The monoisotopic (exact) mass is 1140 g/mol. The van der Waals surface area contributed by atoms with Crippen molar-refractivity contribution < 1.29 is 4.42 Å². The minimum atomic E-state index is 0.384. The topological polar surface area (TPSA) is 51.1 Å². The quantitative estimate of drug-likeness (QED) is 0.149. The molecule has 0 radical (unpaired) electrons. The number of hydrogen-bond acceptors (Lipinski definition) is 4. The van der Waals surface area contributed by atoms with Gasteiger partial charge in [0.05, 0.1) is 55.0 Å². The van der Waals surface area contributed by atoms with E-state index >= 15 is 0 Å². The van der Waals surface area contributed by atoms with Gasteiger partial charge in [0.25, 0.3) is 0 Å². The Morgan fingerprint density at radius 3 is 1.47 bits per heavy atom. The van der Waals surface area contributed by atoms with E-state index in [1.165, 1.54) is 20.2 Å². The zero-order valence-electron chi connectivity index (χ0n) is 46.4. The SMILES string of the molecule is [C-]#[N+]c1c(-c2ccccc2)c(C#N)c(-n2c3c(ccc4c5cc(-c6ccccc6)ccc5sc43)c3ccc4c5cc(-c6ccccc6)ccc5sc4c32)c(-c2ccccc2)c1-n1c2ccccc2c2c(-c3cccc4c3oc3ccccc34)cccc21. The zero-order valence-corrected chi connectivity index (χ0v) is 48.1. The van der Waals surface area contributed by atoms with Gasteiger partial charge in [-0.2, -0.15) is 5.26 Å². The van der Waals surface area contributed by atoms with Gasteiger partial charge in [0.2, 0.25) is 5.69 Å².